The smallest absolute Gasteiger partial charge is 0.305 e. The van der Waals surface area contributed by atoms with E-state index in [1.807, 2.05) is 0 Å². The summed E-state index contributed by atoms with van der Waals surface area (Å²) in [4.78, 5) is 24.7. The van der Waals surface area contributed by atoms with Crippen molar-refractivity contribution < 1.29 is 24.5 Å². The molecule has 0 bridgehead atoms. The number of rotatable bonds is 75. The van der Waals surface area contributed by atoms with E-state index in [2.05, 4.69) is 31.3 Å². The van der Waals surface area contributed by atoms with Gasteiger partial charge in [-0.15, -0.1) is 0 Å². The highest BCUT2D eigenvalue weighted by Crippen LogP contribution is 2.20. The minimum absolute atomic E-state index is 0.0191. The van der Waals surface area contributed by atoms with E-state index >= 15 is 0 Å². The Morgan fingerprint density at radius 3 is 0.835 bits per heavy atom. The summed E-state index contributed by atoms with van der Waals surface area (Å²) >= 11 is 0. The summed E-state index contributed by atoms with van der Waals surface area (Å²) in [5.41, 5.74) is 0. The van der Waals surface area contributed by atoms with E-state index in [1.165, 1.54) is 385 Å². The van der Waals surface area contributed by atoms with Gasteiger partial charge < -0.3 is 20.3 Å². The monoisotopic (exact) mass is 1200 g/mol. The first-order valence-corrected chi connectivity index (χ1v) is 39.4. The summed E-state index contributed by atoms with van der Waals surface area (Å²) in [5.74, 6) is -0.00611. The zero-order valence-electron chi connectivity index (χ0n) is 58.1. The molecule has 0 radical (unpaired) electrons. The molecule has 0 aromatic heterocycles. The molecule has 2 unspecified atom stereocenters. The fraction of sp³-hybridized carbons (Fsp3) is 0.949. The second kappa shape index (κ2) is 75.1. The zero-order chi connectivity index (χ0) is 61.3. The molecule has 0 saturated heterocycles. The normalized spacial score (nSPS) is 12.5. The maximum Gasteiger partial charge on any atom is 0.305 e. The Kier molecular flexibility index (Phi) is 73.8. The maximum atomic E-state index is 12.6. The molecule has 0 heterocycles. The number of allylic oxidation sites excluding steroid dienone is 2. The Hall–Kier alpha value is -1.40. The number of hydrogen-bond acceptors (Lipinski definition) is 5. The van der Waals surface area contributed by atoms with Gasteiger partial charge in [-0.05, 0) is 51.4 Å². The first kappa shape index (κ1) is 83.6. The Labute approximate surface area is 533 Å². The van der Waals surface area contributed by atoms with Crippen LogP contribution in [0, 0.1) is 0 Å². The molecule has 1 amide bonds. The number of ether oxygens (including phenoxy) is 1. The van der Waals surface area contributed by atoms with E-state index in [9.17, 15) is 19.8 Å². The lowest BCUT2D eigenvalue weighted by molar-refractivity contribution is -0.143. The first-order chi connectivity index (χ1) is 42.0. The highest BCUT2D eigenvalue weighted by molar-refractivity contribution is 5.76. The number of hydrogen-bond donors (Lipinski definition) is 3. The fourth-order valence-electron chi connectivity index (χ4n) is 12.8. The predicted octanol–water partition coefficient (Wildman–Crippen LogP) is 25.9. The van der Waals surface area contributed by atoms with Crippen molar-refractivity contribution in [3.05, 3.63) is 12.2 Å². The molecular formula is C79H155NO5. The molecular weight excluding hydrogens is 1040 g/mol. The van der Waals surface area contributed by atoms with Crippen molar-refractivity contribution in [2.45, 2.75) is 469 Å². The van der Waals surface area contributed by atoms with E-state index in [1.54, 1.807) is 0 Å². The zero-order valence-corrected chi connectivity index (χ0v) is 58.1. The largest absolute Gasteiger partial charge is 0.466 e. The third-order valence-corrected chi connectivity index (χ3v) is 18.8. The second-order valence-electron chi connectivity index (χ2n) is 27.4. The van der Waals surface area contributed by atoms with Gasteiger partial charge in [0.1, 0.15) is 0 Å². The van der Waals surface area contributed by atoms with Crippen LogP contribution in [0.5, 0.6) is 0 Å². The Balaban J connectivity index is 3.31. The maximum absolute atomic E-state index is 12.6. The molecule has 0 saturated carbocycles. The number of unbranched alkanes of at least 4 members (excludes halogenated alkanes) is 62. The molecule has 0 spiro atoms. The molecule has 85 heavy (non-hydrogen) atoms. The van der Waals surface area contributed by atoms with Crippen LogP contribution in [0.15, 0.2) is 12.2 Å². The minimum Gasteiger partial charge on any atom is -0.466 e. The summed E-state index contributed by atoms with van der Waals surface area (Å²) in [6.07, 6.45) is 94.4. The second-order valence-corrected chi connectivity index (χ2v) is 27.4. The van der Waals surface area contributed by atoms with Gasteiger partial charge in [0, 0.05) is 12.8 Å². The first-order valence-electron chi connectivity index (χ1n) is 39.4. The summed E-state index contributed by atoms with van der Waals surface area (Å²) in [6.45, 7) is 5.00. The van der Waals surface area contributed by atoms with Crippen LogP contribution in [0.25, 0.3) is 0 Å². The van der Waals surface area contributed by atoms with Crippen molar-refractivity contribution in [2.24, 2.45) is 0 Å². The predicted molar refractivity (Wildman–Crippen MR) is 375 cm³/mol. The molecule has 6 heteroatoms. The van der Waals surface area contributed by atoms with E-state index in [-0.39, 0.29) is 18.5 Å². The van der Waals surface area contributed by atoms with Crippen molar-refractivity contribution in [2.75, 3.05) is 13.2 Å². The van der Waals surface area contributed by atoms with Crippen LogP contribution in [0.2, 0.25) is 0 Å². The molecule has 0 aliphatic carbocycles. The van der Waals surface area contributed by atoms with Gasteiger partial charge in [-0.1, -0.05) is 405 Å². The van der Waals surface area contributed by atoms with Gasteiger partial charge in [-0.2, -0.15) is 0 Å². The van der Waals surface area contributed by atoms with Crippen LogP contribution >= 0.6 is 0 Å². The van der Waals surface area contributed by atoms with Crippen molar-refractivity contribution in [1.82, 2.24) is 5.32 Å². The average Bonchev–Trinajstić information content (AvgIpc) is 3.51. The van der Waals surface area contributed by atoms with Gasteiger partial charge in [0.15, 0.2) is 0 Å². The molecule has 0 aliphatic heterocycles. The lowest BCUT2D eigenvalue weighted by Crippen LogP contribution is -2.45. The minimum atomic E-state index is -0.661. The number of esters is 1. The van der Waals surface area contributed by atoms with E-state index in [4.69, 9.17) is 4.74 Å². The quantitative estimate of drug-likeness (QED) is 0.0320. The van der Waals surface area contributed by atoms with Crippen LogP contribution in [-0.4, -0.2) is 47.4 Å². The molecule has 0 aliphatic rings. The SMILES string of the molecule is CCCCCCCC/C=C\CCCCCCCCCC(=O)OCCCCCCCCCCCCCCCCCCCCCCCCCCCCCCCCCCC(=O)NC(CO)C(O)CCCCCCCCCCCCCCCCCCCCC. The van der Waals surface area contributed by atoms with Crippen LogP contribution < -0.4 is 5.32 Å². The summed E-state index contributed by atoms with van der Waals surface area (Å²) < 4.78 is 5.51. The number of aliphatic hydroxyl groups excluding tert-OH is 2. The standard InChI is InChI=1S/C79H155NO5/c1-3-5-7-9-11-13-15-17-19-21-36-40-43-47-51-55-59-63-67-71-77(82)76(75-81)80-78(83)72-68-64-60-56-52-48-44-41-37-34-32-30-28-26-24-22-23-25-27-29-31-33-35-38-42-46-50-54-58-62-66-70-74-85-79(84)73-69-65-61-57-53-49-45-39-20-18-16-14-12-10-8-6-4-2/h18,20,76-77,81-82H,3-17,19,21-75H2,1-2H3,(H,80,83)/b20-18-. The Morgan fingerprint density at radius 2 is 0.553 bits per heavy atom. The number of amides is 1. The van der Waals surface area contributed by atoms with Crippen LogP contribution in [0.1, 0.15) is 457 Å². The number of nitrogens with one attached hydrogen (secondary N) is 1. The molecule has 0 fully saturated rings. The average molecular weight is 1200 g/mol. The molecule has 6 nitrogen and oxygen atoms in total. The number of carbonyl (C=O) groups is 2. The number of aliphatic hydroxyl groups is 2. The third kappa shape index (κ3) is 71.6. The number of carbonyl (C=O) groups excluding carboxylic acids is 2. The molecule has 0 aromatic carbocycles. The molecule has 3 N–H and O–H groups in total. The highest BCUT2D eigenvalue weighted by atomic mass is 16.5. The Bertz CT molecular complexity index is 1290. The van der Waals surface area contributed by atoms with Crippen LogP contribution in [-0.2, 0) is 14.3 Å². The summed E-state index contributed by atoms with van der Waals surface area (Å²) in [5, 5.41) is 23.4. The van der Waals surface area contributed by atoms with Gasteiger partial charge in [0.25, 0.3) is 0 Å². The molecule has 506 valence electrons. The Morgan fingerprint density at radius 1 is 0.318 bits per heavy atom. The van der Waals surface area contributed by atoms with E-state index in [0.29, 0.717) is 25.9 Å². The molecule has 0 aromatic rings. The van der Waals surface area contributed by atoms with E-state index < -0.39 is 12.1 Å². The highest BCUT2D eigenvalue weighted by Gasteiger charge is 2.20. The topological polar surface area (TPSA) is 95.9 Å². The lowest BCUT2D eigenvalue weighted by Gasteiger charge is -2.22. The van der Waals surface area contributed by atoms with Crippen molar-refractivity contribution in [3.63, 3.8) is 0 Å². The van der Waals surface area contributed by atoms with Crippen molar-refractivity contribution in [1.29, 1.82) is 0 Å². The van der Waals surface area contributed by atoms with Crippen LogP contribution in [0.4, 0.5) is 0 Å². The van der Waals surface area contributed by atoms with E-state index in [0.717, 1.165) is 38.5 Å². The van der Waals surface area contributed by atoms with Gasteiger partial charge in [0.2, 0.25) is 5.91 Å². The van der Waals surface area contributed by atoms with Gasteiger partial charge in [-0.25, -0.2) is 0 Å². The van der Waals surface area contributed by atoms with Gasteiger partial charge in [-0.3, -0.25) is 9.59 Å². The molecule has 2 atom stereocenters. The lowest BCUT2D eigenvalue weighted by atomic mass is 10.0. The van der Waals surface area contributed by atoms with Crippen molar-refractivity contribution in [3.8, 4) is 0 Å². The van der Waals surface area contributed by atoms with Gasteiger partial charge >= 0.3 is 5.97 Å². The molecule has 0 rings (SSSR count). The van der Waals surface area contributed by atoms with Crippen LogP contribution in [0.3, 0.4) is 0 Å². The van der Waals surface area contributed by atoms with Crippen molar-refractivity contribution >= 4 is 11.9 Å². The fourth-order valence-corrected chi connectivity index (χ4v) is 12.8. The summed E-state index contributed by atoms with van der Waals surface area (Å²) in [7, 11) is 0. The summed E-state index contributed by atoms with van der Waals surface area (Å²) in [6, 6.07) is -0.538. The third-order valence-electron chi connectivity index (χ3n) is 18.8. The van der Waals surface area contributed by atoms with Gasteiger partial charge in [0.05, 0.1) is 25.4 Å².